The van der Waals surface area contributed by atoms with Gasteiger partial charge in [-0.05, 0) is 61.6 Å². The van der Waals surface area contributed by atoms with Crippen LogP contribution in [0.1, 0.15) is 30.9 Å². The van der Waals surface area contributed by atoms with Gasteiger partial charge in [0.05, 0.1) is 0 Å². The third kappa shape index (κ3) is 5.99. The molecular formula is C21H23FN2O. The Kier molecular flexibility index (Phi) is 7.08. The van der Waals surface area contributed by atoms with Crippen LogP contribution in [0.2, 0.25) is 0 Å². The van der Waals surface area contributed by atoms with Crippen molar-refractivity contribution >= 4 is 11.5 Å². The molecule has 0 fully saturated rings. The standard InChI is InChI=1S/C21H23FN2O/c1-3-6-20(18-10-12-19(22)13-11-18)21(25)24-16(2)7-4-8-17-9-5-14-23-15-17/h3,5-6,9-16H,1,4,7-8H2,2H3,(H,24,25). The van der Waals surface area contributed by atoms with Gasteiger partial charge >= 0.3 is 0 Å². The van der Waals surface area contributed by atoms with Gasteiger partial charge in [0.15, 0.2) is 0 Å². The monoisotopic (exact) mass is 338 g/mol. The van der Waals surface area contributed by atoms with Crippen molar-refractivity contribution in [3.05, 3.63) is 84.5 Å². The predicted octanol–water partition coefficient (Wildman–Crippen LogP) is 4.32. The Balaban J connectivity index is 1.90. The van der Waals surface area contributed by atoms with E-state index < -0.39 is 0 Å². The second kappa shape index (κ2) is 9.52. The summed E-state index contributed by atoms with van der Waals surface area (Å²) in [4.78, 5) is 16.6. The van der Waals surface area contributed by atoms with E-state index in [1.807, 2.05) is 19.2 Å². The lowest BCUT2D eigenvalue weighted by Gasteiger charge is -2.15. The molecule has 1 aromatic carbocycles. The van der Waals surface area contributed by atoms with Crippen LogP contribution in [0.5, 0.6) is 0 Å². The molecule has 4 heteroatoms. The molecule has 0 saturated heterocycles. The second-order valence-electron chi connectivity index (χ2n) is 5.95. The topological polar surface area (TPSA) is 42.0 Å². The number of rotatable bonds is 8. The third-order valence-electron chi connectivity index (χ3n) is 3.89. The average Bonchev–Trinajstić information content (AvgIpc) is 2.61. The lowest BCUT2D eigenvalue weighted by atomic mass is 10.0. The second-order valence-corrected chi connectivity index (χ2v) is 5.95. The smallest absolute Gasteiger partial charge is 0.252 e. The molecule has 2 rings (SSSR count). The largest absolute Gasteiger partial charge is 0.350 e. The molecule has 0 spiro atoms. The average molecular weight is 338 g/mol. The summed E-state index contributed by atoms with van der Waals surface area (Å²) in [7, 11) is 0. The van der Waals surface area contributed by atoms with Crippen molar-refractivity contribution in [1.82, 2.24) is 10.3 Å². The number of pyridine rings is 1. The Morgan fingerprint density at radius 3 is 2.72 bits per heavy atom. The van der Waals surface area contributed by atoms with Crippen LogP contribution in [0, 0.1) is 5.82 Å². The first kappa shape index (κ1) is 18.6. The Morgan fingerprint density at radius 1 is 1.32 bits per heavy atom. The van der Waals surface area contributed by atoms with E-state index in [0.29, 0.717) is 11.1 Å². The van der Waals surface area contributed by atoms with Gasteiger partial charge in [0.1, 0.15) is 5.82 Å². The number of amides is 1. The van der Waals surface area contributed by atoms with Crippen molar-refractivity contribution in [1.29, 1.82) is 0 Å². The summed E-state index contributed by atoms with van der Waals surface area (Å²) in [6, 6.07) is 9.89. The number of halogens is 1. The van der Waals surface area contributed by atoms with E-state index in [2.05, 4.69) is 22.9 Å². The number of nitrogens with zero attached hydrogens (tertiary/aromatic N) is 1. The van der Waals surface area contributed by atoms with E-state index in [9.17, 15) is 9.18 Å². The van der Waals surface area contributed by atoms with E-state index >= 15 is 0 Å². The normalized spacial score (nSPS) is 12.5. The minimum absolute atomic E-state index is 0.0397. The number of aryl methyl sites for hydroxylation is 1. The van der Waals surface area contributed by atoms with Gasteiger partial charge in [-0.15, -0.1) is 0 Å². The zero-order valence-corrected chi connectivity index (χ0v) is 14.4. The predicted molar refractivity (Wildman–Crippen MR) is 99.4 cm³/mol. The highest BCUT2D eigenvalue weighted by Crippen LogP contribution is 2.16. The summed E-state index contributed by atoms with van der Waals surface area (Å²) in [5.41, 5.74) is 2.34. The summed E-state index contributed by atoms with van der Waals surface area (Å²) < 4.78 is 13.1. The first-order chi connectivity index (χ1) is 12.1. The van der Waals surface area contributed by atoms with Crippen molar-refractivity contribution in [3.63, 3.8) is 0 Å². The molecule has 0 saturated carbocycles. The molecule has 1 heterocycles. The van der Waals surface area contributed by atoms with Crippen LogP contribution >= 0.6 is 0 Å². The number of aromatic nitrogens is 1. The zero-order valence-electron chi connectivity index (χ0n) is 14.4. The summed E-state index contributed by atoms with van der Waals surface area (Å²) in [6.07, 6.45) is 9.59. The van der Waals surface area contributed by atoms with Crippen LogP contribution < -0.4 is 5.32 Å². The minimum Gasteiger partial charge on any atom is -0.350 e. The Bertz CT molecular complexity index is 723. The van der Waals surface area contributed by atoms with Crippen LogP contribution in [-0.2, 0) is 11.2 Å². The number of benzene rings is 1. The Labute approximate surface area is 148 Å². The maximum absolute atomic E-state index is 13.1. The van der Waals surface area contributed by atoms with Gasteiger partial charge in [0.2, 0.25) is 0 Å². The summed E-state index contributed by atoms with van der Waals surface area (Å²) in [6.45, 7) is 5.64. The van der Waals surface area contributed by atoms with E-state index in [1.165, 1.54) is 17.7 Å². The molecule has 25 heavy (non-hydrogen) atoms. The fraction of sp³-hybridized carbons (Fsp3) is 0.238. The van der Waals surface area contributed by atoms with Crippen LogP contribution in [0.3, 0.4) is 0 Å². The van der Waals surface area contributed by atoms with Gasteiger partial charge < -0.3 is 5.32 Å². The van der Waals surface area contributed by atoms with Crippen LogP contribution in [0.15, 0.2) is 67.5 Å². The van der Waals surface area contributed by atoms with Gasteiger partial charge in [0.25, 0.3) is 5.91 Å². The Hall–Kier alpha value is -2.75. The number of carbonyl (C=O) groups excluding carboxylic acids is 1. The molecule has 1 unspecified atom stereocenters. The lowest BCUT2D eigenvalue weighted by Crippen LogP contribution is -2.33. The number of carbonyl (C=O) groups is 1. The van der Waals surface area contributed by atoms with Crippen molar-refractivity contribution in [2.24, 2.45) is 0 Å². The molecule has 0 aliphatic carbocycles. The highest BCUT2D eigenvalue weighted by atomic mass is 19.1. The molecule has 0 bridgehead atoms. The number of hydrogen-bond acceptors (Lipinski definition) is 2. The van der Waals surface area contributed by atoms with E-state index in [4.69, 9.17) is 0 Å². The molecule has 0 radical (unpaired) electrons. The van der Waals surface area contributed by atoms with E-state index in [0.717, 1.165) is 19.3 Å². The van der Waals surface area contributed by atoms with Gasteiger partial charge in [-0.1, -0.05) is 30.9 Å². The quantitative estimate of drug-likeness (QED) is 0.575. The highest BCUT2D eigenvalue weighted by Gasteiger charge is 2.14. The SMILES string of the molecule is C=CC=C(C(=O)NC(C)CCCc1cccnc1)c1ccc(F)cc1. The van der Waals surface area contributed by atoms with E-state index in [1.54, 1.807) is 30.5 Å². The minimum atomic E-state index is -0.328. The highest BCUT2D eigenvalue weighted by molar-refractivity contribution is 6.19. The van der Waals surface area contributed by atoms with Crippen LogP contribution in [0.25, 0.3) is 5.57 Å². The molecule has 0 aliphatic heterocycles. The summed E-state index contributed by atoms with van der Waals surface area (Å²) in [5, 5.41) is 3.00. The van der Waals surface area contributed by atoms with Crippen molar-refractivity contribution in [2.75, 3.05) is 0 Å². The molecule has 0 aliphatic rings. The van der Waals surface area contributed by atoms with Gasteiger partial charge in [-0.25, -0.2) is 4.39 Å². The molecule has 1 amide bonds. The number of nitrogens with one attached hydrogen (secondary N) is 1. The van der Waals surface area contributed by atoms with Gasteiger partial charge in [-0.2, -0.15) is 0 Å². The first-order valence-electron chi connectivity index (χ1n) is 8.38. The fourth-order valence-corrected chi connectivity index (χ4v) is 2.58. The van der Waals surface area contributed by atoms with Crippen molar-refractivity contribution in [3.8, 4) is 0 Å². The maximum Gasteiger partial charge on any atom is 0.252 e. The van der Waals surface area contributed by atoms with Gasteiger partial charge in [0, 0.05) is 24.0 Å². The molecule has 1 aromatic heterocycles. The van der Waals surface area contributed by atoms with Gasteiger partial charge in [-0.3, -0.25) is 9.78 Å². The number of hydrogen-bond donors (Lipinski definition) is 1. The molecule has 130 valence electrons. The number of allylic oxidation sites excluding steroid dienone is 2. The Morgan fingerprint density at radius 2 is 2.08 bits per heavy atom. The summed E-state index contributed by atoms with van der Waals surface area (Å²) in [5.74, 6) is -0.508. The first-order valence-corrected chi connectivity index (χ1v) is 8.38. The van der Waals surface area contributed by atoms with E-state index in [-0.39, 0.29) is 17.8 Å². The lowest BCUT2D eigenvalue weighted by molar-refractivity contribution is -0.116. The third-order valence-corrected chi connectivity index (χ3v) is 3.89. The molecule has 1 N–H and O–H groups in total. The fourth-order valence-electron chi connectivity index (χ4n) is 2.58. The van der Waals surface area contributed by atoms with Crippen LogP contribution in [0.4, 0.5) is 4.39 Å². The molecule has 2 aromatic rings. The molecule has 3 nitrogen and oxygen atoms in total. The molecular weight excluding hydrogens is 315 g/mol. The maximum atomic E-state index is 13.1. The zero-order chi connectivity index (χ0) is 18.1. The molecule has 1 atom stereocenters. The van der Waals surface area contributed by atoms with Crippen molar-refractivity contribution < 1.29 is 9.18 Å². The van der Waals surface area contributed by atoms with Crippen molar-refractivity contribution in [2.45, 2.75) is 32.2 Å². The summed E-state index contributed by atoms with van der Waals surface area (Å²) >= 11 is 0. The van der Waals surface area contributed by atoms with Crippen LogP contribution in [-0.4, -0.2) is 16.9 Å².